The number of esters is 1. The van der Waals surface area contributed by atoms with E-state index in [4.69, 9.17) is 9.47 Å². The normalized spacial score (nSPS) is 25.6. The van der Waals surface area contributed by atoms with Gasteiger partial charge in [0.05, 0.1) is 30.7 Å². The van der Waals surface area contributed by atoms with Gasteiger partial charge < -0.3 is 9.47 Å². The number of allylic oxidation sites excluding steroid dienone is 2. The lowest BCUT2D eigenvalue weighted by molar-refractivity contribution is -0.140. The van der Waals surface area contributed by atoms with E-state index < -0.39 is 5.97 Å². The summed E-state index contributed by atoms with van der Waals surface area (Å²) < 4.78 is 10.9. The number of hydrazone groups is 1. The summed E-state index contributed by atoms with van der Waals surface area (Å²) in [6.45, 7) is 1.90. The predicted octanol–water partition coefficient (Wildman–Crippen LogP) is 3.36. The average Bonchev–Trinajstić information content (AvgIpc) is 3.47. The van der Waals surface area contributed by atoms with Crippen LogP contribution >= 0.6 is 0 Å². The second-order valence-corrected chi connectivity index (χ2v) is 8.40. The quantitative estimate of drug-likeness (QED) is 0.239. The number of ether oxygens (including phenoxy) is 2. The maximum atomic E-state index is 12.7. The number of hydrogen-bond donors (Lipinski definition) is 0. The zero-order chi connectivity index (χ0) is 22.4. The maximum Gasteiger partial charge on any atom is 0.343 e. The smallest absolute Gasteiger partial charge is 0.343 e. The molecule has 7 nitrogen and oxygen atoms in total. The van der Waals surface area contributed by atoms with Crippen molar-refractivity contribution < 1.29 is 23.9 Å². The Labute approximate surface area is 185 Å². The third kappa shape index (κ3) is 3.30. The van der Waals surface area contributed by atoms with Gasteiger partial charge in [-0.25, -0.2) is 4.79 Å². The van der Waals surface area contributed by atoms with Crippen LogP contribution in [0.25, 0.3) is 0 Å². The van der Waals surface area contributed by atoms with E-state index in [1.165, 1.54) is 13.3 Å². The molecule has 0 N–H and O–H groups in total. The molecule has 3 aliphatic rings. The summed E-state index contributed by atoms with van der Waals surface area (Å²) in [6, 6.07) is 12.0. The van der Waals surface area contributed by atoms with Gasteiger partial charge >= 0.3 is 5.97 Å². The Hall–Kier alpha value is -3.74. The Morgan fingerprint density at radius 2 is 1.75 bits per heavy atom. The summed E-state index contributed by atoms with van der Waals surface area (Å²) in [4.78, 5) is 37.9. The molecule has 2 aromatic carbocycles. The molecule has 2 amide bonds. The summed E-state index contributed by atoms with van der Waals surface area (Å²) in [5.74, 6) is -0.632. The number of imide groups is 1. The number of fused-ring (bicyclic) bond motifs is 5. The number of rotatable bonds is 5. The van der Waals surface area contributed by atoms with E-state index >= 15 is 0 Å². The van der Waals surface area contributed by atoms with Gasteiger partial charge in [-0.1, -0.05) is 29.8 Å². The minimum absolute atomic E-state index is 0.143. The van der Waals surface area contributed by atoms with Crippen molar-refractivity contribution >= 4 is 24.0 Å². The second kappa shape index (κ2) is 7.75. The Kier molecular flexibility index (Phi) is 4.89. The Balaban J connectivity index is 1.32. The first kappa shape index (κ1) is 20.2. The van der Waals surface area contributed by atoms with Crippen LogP contribution < -0.4 is 9.47 Å². The summed E-state index contributed by atoms with van der Waals surface area (Å²) in [5, 5.41) is 5.18. The van der Waals surface area contributed by atoms with Crippen LogP contribution in [0.1, 0.15) is 27.9 Å². The van der Waals surface area contributed by atoms with Crippen molar-refractivity contribution in [3.8, 4) is 11.5 Å². The van der Waals surface area contributed by atoms with Crippen LogP contribution in [0, 0.1) is 30.6 Å². The van der Waals surface area contributed by atoms with Gasteiger partial charge in [-0.15, -0.1) is 0 Å². The molecule has 4 atom stereocenters. The number of amides is 2. The van der Waals surface area contributed by atoms with E-state index in [1.807, 2.05) is 25.1 Å². The van der Waals surface area contributed by atoms with Gasteiger partial charge in [-0.2, -0.15) is 10.1 Å². The van der Waals surface area contributed by atoms with Crippen LogP contribution in [0.5, 0.6) is 11.5 Å². The zero-order valence-corrected chi connectivity index (χ0v) is 17.7. The standard InChI is InChI=1S/C25H22N2O5/c1-14-4-3-5-18(10-14)25(30)32-19-9-6-15(11-20(19)31-2)13-26-27-23(28)21-16-7-8-17(12-16)22(21)24(27)29/h3-11,13,16-17,21-22H,12H2,1-2H3. The molecule has 2 bridgehead atoms. The van der Waals surface area contributed by atoms with Crippen molar-refractivity contribution in [3.05, 3.63) is 71.3 Å². The summed E-state index contributed by atoms with van der Waals surface area (Å²) in [5.41, 5.74) is 2.01. The first-order chi connectivity index (χ1) is 15.5. The molecule has 7 heteroatoms. The van der Waals surface area contributed by atoms with E-state index in [9.17, 15) is 14.4 Å². The van der Waals surface area contributed by atoms with Crippen molar-refractivity contribution in [2.75, 3.05) is 7.11 Å². The van der Waals surface area contributed by atoms with Crippen LogP contribution in [0.4, 0.5) is 0 Å². The van der Waals surface area contributed by atoms with Crippen LogP contribution in [-0.4, -0.2) is 36.1 Å². The molecule has 0 radical (unpaired) electrons. The molecular weight excluding hydrogens is 408 g/mol. The third-order valence-corrected chi connectivity index (χ3v) is 6.41. The molecule has 4 unspecified atom stereocenters. The largest absolute Gasteiger partial charge is 0.493 e. The van der Waals surface area contributed by atoms with Crippen LogP contribution in [0.15, 0.2) is 59.7 Å². The monoisotopic (exact) mass is 430 g/mol. The molecule has 162 valence electrons. The van der Waals surface area contributed by atoms with Gasteiger partial charge in [-0.05, 0) is 61.1 Å². The first-order valence-electron chi connectivity index (χ1n) is 10.5. The van der Waals surface area contributed by atoms with E-state index in [-0.39, 0.29) is 41.2 Å². The molecule has 1 saturated carbocycles. The molecular formula is C25H22N2O5. The molecule has 0 aromatic heterocycles. The number of carbonyl (C=O) groups is 3. The molecule has 2 fully saturated rings. The highest BCUT2D eigenvalue weighted by atomic mass is 16.6. The fourth-order valence-electron chi connectivity index (χ4n) is 4.90. The first-order valence-corrected chi connectivity index (χ1v) is 10.5. The lowest BCUT2D eigenvalue weighted by atomic mass is 9.85. The fourth-order valence-corrected chi connectivity index (χ4v) is 4.90. The zero-order valence-electron chi connectivity index (χ0n) is 17.7. The number of carbonyl (C=O) groups excluding carboxylic acids is 3. The van der Waals surface area contributed by atoms with Crippen molar-refractivity contribution in [3.63, 3.8) is 0 Å². The number of nitrogens with zero attached hydrogens (tertiary/aromatic N) is 2. The maximum absolute atomic E-state index is 12.7. The lowest BCUT2D eigenvalue weighted by Crippen LogP contribution is -2.28. The highest BCUT2D eigenvalue weighted by molar-refractivity contribution is 6.06. The minimum atomic E-state index is -0.489. The van der Waals surface area contributed by atoms with Crippen molar-refractivity contribution in [2.45, 2.75) is 13.3 Å². The molecule has 2 aromatic rings. The molecule has 1 saturated heterocycles. The average molecular weight is 430 g/mol. The highest BCUT2D eigenvalue weighted by Crippen LogP contribution is 2.52. The number of hydrogen-bond acceptors (Lipinski definition) is 6. The SMILES string of the molecule is COc1cc(C=NN2C(=O)C3C4C=CC(C4)C3C2=O)ccc1OC(=O)c1cccc(C)c1. The molecule has 5 rings (SSSR count). The third-order valence-electron chi connectivity index (χ3n) is 6.41. The van der Waals surface area contributed by atoms with E-state index in [0.29, 0.717) is 16.9 Å². The molecule has 32 heavy (non-hydrogen) atoms. The van der Waals surface area contributed by atoms with Gasteiger partial charge in [0.15, 0.2) is 11.5 Å². The number of methoxy groups -OCH3 is 1. The molecule has 2 aliphatic carbocycles. The van der Waals surface area contributed by atoms with E-state index in [0.717, 1.165) is 17.0 Å². The van der Waals surface area contributed by atoms with Crippen LogP contribution in [0.3, 0.4) is 0 Å². The Morgan fingerprint density at radius 1 is 1.03 bits per heavy atom. The van der Waals surface area contributed by atoms with Gasteiger partial charge in [0.25, 0.3) is 11.8 Å². The van der Waals surface area contributed by atoms with Gasteiger partial charge in [0.1, 0.15) is 0 Å². The van der Waals surface area contributed by atoms with Crippen LogP contribution in [-0.2, 0) is 9.59 Å². The van der Waals surface area contributed by atoms with E-state index in [1.54, 1.807) is 36.4 Å². The summed E-state index contributed by atoms with van der Waals surface area (Å²) >= 11 is 0. The molecule has 0 spiro atoms. The second-order valence-electron chi connectivity index (χ2n) is 8.40. The molecule has 1 heterocycles. The fraction of sp³-hybridized carbons (Fsp3) is 0.280. The van der Waals surface area contributed by atoms with Gasteiger partial charge in [-0.3, -0.25) is 9.59 Å². The van der Waals surface area contributed by atoms with Gasteiger partial charge in [0.2, 0.25) is 0 Å². The summed E-state index contributed by atoms with van der Waals surface area (Å²) in [7, 11) is 1.47. The Morgan fingerprint density at radius 3 is 2.41 bits per heavy atom. The lowest BCUT2D eigenvalue weighted by Gasteiger charge is -2.13. The number of aryl methyl sites for hydroxylation is 1. The predicted molar refractivity (Wildman–Crippen MR) is 116 cm³/mol. The molecule has 1 aliphatic heterocycles. The topological polar surface area (TPSA) is 85.3 Å². The summed E-state index contributed by atoms with van der Waals surface area (Å²) in [6.07, 6.45) is 6.42. The highest BCUT2D eigenvalue weighted by Gasteiger charge is 2.59. The minimum Gasteiger partial charge on any atom is -0.493 e. The van der Waals surface area contributed by atoms with Crippen molar-refractivity contribution in [1.82, 2.24) is 5.01 Å². The van der Waals surface area contributed by atoms with E-state index in [2.05, 4.69) is 5.10 Å². The van der Waals surface area contributed by atoms with Crippen molar-refractivity contribution in [2.24, 2.45) is 28.8 Å². The van der Waals surface area contributed by atoms with Gasteiger partial charge in [0, 0.05) is 0 Å². The Bertz CT molecular complexity index is 1150. The number of benzene rings is 2. The van der Waals surface area contributed by atoms with Crippen molar-refractivity contribution in [1.29, 1.82) is 0 Å². The van der Waals surface area contributed by atoms with Crippen LogP contribution in [0.2, 0.25) is 0 Å².